The van der Waals surface area contributed by atoms with Crippen LogP contribution in [0, 0.1) is 5.41 Å². The highest BCUT2D eigenvalue weighted by molar-refractivity contribution is 7.99. The molecule has 118 valence electrons. The van der Waals surface area contributed by atoms with Gasteiger partial charge in [0, 0.05) is 23.6 Å². The summed E-state index contributed by atoms with van der Waals surface area (Å²) < 4.78 is 0. The summed E-state index contributed by atoms with van der Waals surface area (Å²) in [5, 5.41) is 13.6. The molecule has 0 spiro atoms. The summed E-state index contributed by atoms with van der Waals surface area (Å²) in [6.07, 6.45) is 1.60. The van der Waals surface area contributed by atoms with Crippen molar-refractivity contribution in [2.24, 2.45) is 5.41 Å². The van der Waals surface area contributed by atoms with Gasteiger partial charge in [-0.2, -0.15) is 0 Å². The molecule has 1 aromatic heterocycles. The van der Waals surface area contributed by atoms with E-state index in [9.17, 15) is 9.59 Å². The second-order valence-electron chi connectivity index (χ2n) is 5.73. The molecule has 0 bridgehead atoms. The first-order valence-electron chi connectivity index (χ1n) is 6.98. The number of carboxylic acid groups (broad SMARTS) is 1. The number of aliphatic carboxylic acids is 1. The van der Waals surface area contributed by atoms with E-state index in [1.54, 1.807) is 23.1 Å². The summed E-state index contributed by atoms with van der Waals surface area (Å²) in [7, 11) is 0. The molecule has 0 saturated heterocycles. The van der Waals surface area contributed by atoms with Gasteiger partial charge in [-0.1, -0.05) is 19.9 Å². The van der Waals surface area contributed by atoms with E-state index < -0.39 is 5.97 Å². The highest BCUT2D eigenvalue weighted by Crippen LogP contribution is 2.26. The van der Waals surface area contributed by atoms with Crippen molar-refractivity contribution in [3.8, 4) is 0 Å². The average molecular weight is 329 g/mol. The fraction of sp³-hybridized carbons (Fsp3) is 0.600. The molecule has 6 heteroatoms. The van der Waals surface area contributed by atoms with Gasteiger partial charge in [-0.15, -0.1) is 23.1 Å². The predicted octanol–water partition coefficient (Wildman–Crippen LogP) is 3.38. The third-order valence-electron chi connectivity index (χ3n) is 3.20. The zero-order chi connectivity index (χ0) is 15.7. The third kappa shape index (κ3) is 8.78. The molecule has 0 aliphatic carbocycles. The zero-order valence-corrected chi connectivity index (χ0v) is 14.2. The fourth-order valence-corrected chi connectivity index (χ4v) is 3.50. The maximum Gasteiger partial charge on any atom is 0.303 e. The lowest BCUT2D eigenvalue weighted by Crippen LogP contribution is -2.29. The molecule has 0 aliphatic heterocycles. The van der Waals surface area contributed by atoms with Crippen molar-refractivity contribution >= 4 is 35.0 Å². The summed E-state index contributed by atoms with van der Waals surface area (Å²) in [6, 6.07) is 4.08. The van der Waals surface area contributed by atoms with Crippen molar-refractivity contribution in [1.82, 2.24) is 5.32 Å². The Hall–Kier alpha value is -1.01. The van der Waals surface area contributed by atoms with Gasteiger partial charge in [0.1, 0.15) is 0 Å². The van der Waals surface area contributed by atoms with Gasteiger partial charge in [0.15, 0.2) is 0 Å². The fourth-order valence-electron chi connectivity index (χ4n) is 1.80. The second-order valence-corrected chi connectivity index (χ2v) is 7.75. The van der Waals surface area contributed by atoms with E-state index >= 15 is 0 Å². The number of carboxylic acids is 1. The van der Waals surface area contributed by atoms with Crippen LogP contribution >= 0.6 is 23.1 Å². The maximum absolute atomic E-state index is 11.7. The topological polar surface area (TPSA) is 66.4 Å². The minimum absolute atomic E-state index is 0.0468. The van der Waals surface area contributed by atoms with Crippen LogP contribution in [-0.4, -0.2) is 29.3 Å². The summed E-state index contributed by atoms with van der Waals surface area (Å²) in [6.45, 7) is 4.67. The van der Waals surface area contributed by atoms with Crippen LogP contribution in [0.3, 0.4) is 0 Å². The van der Waals surface area contributed by atoms with E-state index in [1.807, 2.05) is 25.3 Å². The maximum atomic E-state index is 11.7. The van der Waals surface area contributed by atoms with Gasteiger partial charge in [-0.3, -0.25) is 9.59 Å². The first kappa shape index (κ1) is 18.0. The smallest absolute Gasteiger partial charge is 0.303 e. The van der Waals surface area contributed by atoms with Crippen LogP contribution in [0.4, 0.5) is 0 Å². The molecule has 1 aromatic rings. The zero-order valence-electron chi connectivity index (χ0n) is 12.6. The van der Waals surface area contributed by atoms with Gasteiger partial charge >= 0.3 is 5.97 Å². The number of rotatable bonds is 10. The second kappa shape index (κ2) is 9.10. The van der Waals surface area contributed by atoms with Crippen LogP contribution in [0.15, 0.2) is 17.5 Å². The van der Waals surface area contributed by atoms with Crippen LogP contribution in [0.2, 0.25) is 0 Å². The van der Waals surface area contributed by atoms with Crippen molar-refractivity contribution < 1.29 is 14.7 Å². The Kier molecular flexibility index (Phi) is 7.82. The van der Waals surface area contributed by atoms with Crippen LogP contribution in [-0.2, 0) is 15.3 Å². The first-order valence-corrected chi connectivity index (χ1v) is 9.01. The van der Waals surface area contributed by atoms with Crippen molar-refractivity contribution in [2.75, 3.05) is 12.3 Å². The molecule has 21 heavy (non-hydrogen) atoms. The molecule has 4 nitrogen and oxygen atoms in total. The van der Waals surface area contributed by atoms with Crippen LogP contribution in [0.5, 0.6) is 0 Å². The molecule has 1 heterocycles. The van der Waals surface area contributed by atoms with E-state index in [1.165, 1.54) is 4.88 Å². The van der Waals surface area contributed by atoms with Crippen LogP contribution in [0.1, 0.15) is 38.0 Å². The molecule has 0 saturated carbocycles. The van der Waals surface area contributed by atoms with Gasteiger partial charge < -0.3 is 10.4 Å². The Morgan fingerprint density at radius 3 is 2.76 bits per heavy atom. The number of nitrogens with one attached hydrogen (secondary N) is 1. The number of carbonyl (C=O) groups is 2. The Bertz CT molecular complexity index is 444. The molecule has 1 rings (SSSR count). The summed E-state index contributed by atoms with van der Waals surface area (Å²) >= 11 is 3.31. The number of thioether (sulfide) groups is 1. The Morgan fingerprint density at radius 2 is 2.14 bits per heavy atom. The first-order chi connectivity index (χ1) is 9.89. The van der Waals surface area contributed by atoms with E-state index in [0.29, 0.717) is 18.7 Å². The van der Waals surface area contributed by atoms with E-state index in [-0.39, 0.29) is 17.7 Å². The molecule has 0 atom stereocenters. The third-order valence-corrected chi connectivity index (χ3v) is 5.24. The molecule has 0 aromatic carbocycles. The normalized spacial score (nSPS) is 11.3. The molecule has 0 unspecified atom stereocenters. The summed E-state index contributed by atoms with van der Waals surface area (Å²) in [5.41, 5.74) is -0.0597. The minimum Gasteiger partial charge on any atom is -0.481 e. The van der Waals surface area contributed by atoms with Crippen molar-refractivity contribution in [2.45, 2.75) is 38.9 Å². The minimum atomic E-state index is -0.767. The highest BCUT2D eigenvalue weighted by atomic mass is 32.2. The predicted molar refractivity (Wildman–Crippen MR) is 88.8 cm³/mol. The van der Waals surface area contributed by atoms with Crippen LogP contribution in [0.25, 0.3) is 0 Å². The van der Waals surface area contributed by atoms with Gasteiger partial charge in [0.2, 0.25) is 5.91 Å². The van der Waals surface area contributed by atoms with E-state index in [2.05, 4.69) is 11.4 Å². The van der Waals surface area contributed by atoms with Crippen molar-refractivity contribution in [3.05, 3.63) is 22.4 Å². The van der Waals surface area contributed by atoms with Crippen molar-refractivity contribution in [3.63, 3.8) is 0 Å². The summed E-state index contributed by atoms with van der Waals surface area (Å²) in [4.78, 5) is 23.6. The Labute approximate surface area is 134 Å². The van der Waals surface area contributed by atoms with Gasteiger partial charge in [0.25, 0.3) is 0 Å². The number of thiophene rings is 1. The number of hydrogen-bond acceptors (Lipinski definition) is 4. The molecule has 0 fully saturated rings. The van der Waals surface area contributed by atoms with Gasteiger partial charge in [0.05, 0.1) is 5.75 Å². The number of amides is 1. The largest absolute Gasteiger partial charge is 0.481 e. The lowest BCUT2D eigenvalue weighted by atomic mass is 9.84. The molecular weight excluding hydrogens is 306 g/mol. The number of hydrogen-bond donors (Lipinski definition) is 2. The van der Waals surface area contributed by atoms with Gasteiger partial charge in [-0.05, 0) is 29.7 Å². The molecular formula is C15H23NO3S2. The SMILES string of the molecule is CC(C)(CCNC(=O)CSCc1cccs1)CCC(=O)O. The quantitative estimate of drug-likeness (QED) is 0.690. The standard InChI is InChI=1S/C15H23NO3S2/c1-15(2,6-5-14(18)19)7-8-16-13(17)11-20-10-12-4-3-9-21-12/h3-4,9H,5-8,10-11H2,1-2H3,(H,16,17)(H,18,19). The Balaban J connectivity index is 2.10. The van der Waals surface area contributed by atoms with Gasteiger partial charge in [-0.25, -0.2) is 0 Å². The molecule has 0 radical (unpaired) electrons. The van der Waals surface area contributed by atoms with Crippen LogP contribution < -0.4 is 5.32 Å². The lowest BCUT2D eigenvalue weighted by Gasteiger charge is -2.23. The van der Waals surface area contributed by atoms with Crippen molar-refractivity contribution in [1.29, 1.82) is 0 Å². The molecule has 2 N–H and O–H groups in total. The lowest BCUT2D eigenvalue weighted by molar-refractivity contribution is -0.137. The number of carbonyl (C=O) groups excluding carboxylic acids is 1. The van der Waals surface area contributed by atoms with E-state index in [4.69, 9.17) is 5.11 Å². The van der Waals surface area contributed by atoms with E-state index in [0.717, 1.165) is 12.2 Å². The Morgan fingerprint density at radius 1 is 1.38 bits per heavy atom. The monoisotopic (exact) mass is 329 g/mol. The highest BCUT2D eigenvalue weighted by Gasteiger charge is 2.19. The summed E-state index contributed by atoms with van der Waals surface area (Å²) in [5.74, 6) is 0.616. The average Bonchev–Trinajstić information content (AvgIpc) is 2.89. The molecule has 1 amide bonds. The molecule has 0 aliphatic rings.